The van der Waals surface area contributed by atoms with Crippen LogP contribution >= 0.6 is 0 Å². The highest BCUT2D eigenvalue weighted by Crippen LogP contribution is 2.49. The van der Waals surface area contributed by atoms with Crippen molar-refractivity contribution >= 4 is 11.9 Å². The van der Waals surface area contributed by atoms with Crippen LogP contribution in [0, 0.1) is 5.92 Å². The van der Waals surface area contributed by atoms with Crippen molar-refractivity contribution in [3.8, 4) is 0 Å². The van der Waals surface area contributed by atoms with Crippen LogP contribution in [0.4, 0.5) is 0 Å². The number of carbonyl (C=O) groups is 2. The fourth-order valence-corrected chi connectivity index (χ4v) is 2.44. The summed E-state index contributed by atoms with van der Waals surface area (Å²) < 4.78 is 4.83. The van der Waals surface area contributed by atoms with E-state index in [1.165, 1.54) is 7.11 Å². The Morgan fingerprint density at radius 1 is 1.30 bits per heavy atom. The molecule has 2 unspecified atom stereocenters. The number of aliphatic carboxylic acids is 1. The predicted octanol–water partition coefficient (Wildman–Crippen LogP) is 2.96. The van der Waals surface area contributed by atoms with Crippen molar-refractivity contribution in [2.45, 2.75) is 38.5 Å². The monoisotopic (exact) mass is 276 g/mol. The molecule has 0 heterocycles. The number of methoxy groups -OCH3 is 1. The number of ether oxygens (including phenoxy) is 1. The molecule has 2 atom stereocenters. The number of hydrogen-bond acceptors (Lipinski definition) is 3. The average molecular weight is 276 g/mol. The van der Waals surface area contributed by atoms with Crippen LogP contribution in [-0.4, -0.2) is 24.2 Å². The number of rotatable bonds is 3. The summed E-state index contributed by atoms with van der Waals surface area (Å²) in [5.74, 6) is -1.65. The van der Waals surface area contributed by atoms with E-state index in [-0.39, 0.29) is 17.3 Å². The van der Waals surface area contributed by atoms with Gasteiger partial charge >= 0.3 is 11.9 Å². The quantitative estimate of drug-likeness (QED) is 0.862. The number of carbonyl (C=O) groups excluding carboxylic acids is 1. The number of esters is 1. The van der Waals surface area contributed by atoms with Crippen molar-refractivity contribution in [2.24, 2.45) is 5.92 Å². The highest BCUT2D eigenvalue weighted by atomic mass is 16.5. The van der Waals surface area contributed by atoms with Crippen molar-refractivity contribution < 1.29 is 19.4 Å². The highest BCUT2D eigenvalue weighted by Gasteiger charge is 2.45. The van der Waals surface area contributed by atoms with E-state index in [1.807, 2.05) is 18.2 Å². The molecular formula is C16H20O4. The SMILES string of the molecule is COC(=O)c1cc(C(C)(C)C)ccc1C1CC1C(=O)O. The summed E-state index contributed by atoms with van der Waals surface area (Å²) in [4.78, 5) is 23.0. The van der Waals surface area contributed by atoms with Crippen LogP contribution in [0.1, 0.15) is 54.6 Å². The molecule has 20 heavy (non-hydrogen) atoms. The number of carboxylic acids is 1. The molecule has 0 saturated heterocycles. The Morgan fingerprint density at radius 3 is 2.40 bits per heavy atom. The fraction of sp³-hybridized carbons (Fsp3) is 0.500. The van der Waals surface area contributed by atoms with E-state index in [2.05, 4.69) is 20.8 Å². The predicted molar refractivity (Wildman–Crippen MR) is 75.0 cm³/mol. The lowest BCUT2D eigenvalue weighted by Crippen LogP contribution is -2.14. The van der Waals surface area contributed by atoms with Gasteiger partial charge in [0, 0.05) is 0 Å². The summed E-state index contributed by atoms with van der Waals surface area (Å²) in [6.07, 6.45) is 0.591. The first kappa shape index (κ1) is 14.6. The van der Waals surface area contributed by atoms with Crippen LogP contribution in [0.5, 0.6) is 0 Å². The Kier molecular flexibility index (Phi) is 3.59. The summed E-state index contributed by atoms with van der Waals surface area (Å²) >= 11 is 0. The first-order valence-electron chi connectivity index (χ1n) is 6.71. The van der Waals surface area contributed by atoms with E-state index in [9.17, 15) is 9.59 Å². The Hall–Kier alpha value is -1.84. The van der Waals surface area contributed by atoms with Gasteiger partial charge in [0.05, 0.1) is 18.6 Å². The molecule has 0 aliphatic heterocycles. The van der Waals surface area contributed by atoms with Gasteiger partial charge < -0.3 is 9.84 Å². The van der Waals surface area contributed by atoms with Gasteiger partial charge in [0.25, 0.3) is 0 Å². The molecule has 0 aromatic heterocycles. The third-order valence-corrected chi connectivity index (χ3v) is 3.83. The van der Waals surface area contributed by atoms with Gasteiger partial charge in [0.15, 0.2) is 0 Å². The minimum atomic E-state index is -0.800. The fourth-order valence-electron chi connectivity index (χ4n) is 2.44. The second-order valence-electron chi connectivity index (χ2n) is 6.33. The summed E-state index contributed by atoms with van der Waals surface area (Å²) in [6, 6.07) is 5.68. The van der Waals surface area contributed by atoms with E-state index in [0.717, 1.165) is 11.1 Å². The maximum atomic E-state index is 12.0. The summed E-state index contributed by atoms with van der Waals surface area (Å²) in [5, 5.41) is 9.04. The minimum absolute atomic E-state index is 0.0724. The van der Waals surface area contributed by atoms with Gasteiger partial charge in [-0.25, -0.2) is 4.79 Å². The molecule has 1 aliphatic carbocycles. The second-order valence-corrected chi connectivity index (χ2v) is 6.33. The lowest BCUT2D eigenvalue weighted by Gasteiger charge is -2.21. The number of carboxylic acid groups (broad SMARTS) is 1. The van der Waals surface area contributed by atoms with Gasteiger partial charge in [-0.1, -0.05) is 32.9 Å². The molecule has 0 bridgehead atoms. The summed E-state index contributed by atoms with van der Waals surface area (Å²) in [5.41, 5.74) is 2.25. The van der Waals surface area contributed by atoms with Crippen molar-refractivity contribution in [2.75, 3.05) is 7.11 Å². The zero-order chi connectivity index (χ0) is 15.1. The van der Waals surface area contributed by atoms with Crippen molar-refractivity contribution in [3.63, 3.8) is 0 Å². The molecule has 0 amide bonds. The van der Waals surface area contributed by atoms with E-state index >= 15 is 0 Å². The van der Waals surface area contributed by atoms with E-state index in [0.29, 0.717) is 12.0 Å². The van der Waals surface area contributed by atoms with E-state index in [4.69, 9.17) is 9.84 Å². The first-order chi connectivity index (χ1) is 9.25. The van der Waals surface area contributed by atoms with Gasteiger partial charge in [0.1, 0.15) is 0 Å². The standard InChI is InChI=1S/C16H20O4/c1-16(2,3)9-5-6-10(11-8-12(11)14(17)18)13(7-9)15(19)20-4/h5-7,11-12H,8H2,1-4H3,(H,17,18). The molecule has 1 N–H and O–H groups in total. The Bertz CT molecular complexity index is 554. The lowest BCUT2D eigenvalue weighted by atomic mass is 9.84. The van der Waals surface area contributed by atoms with Gasteiger partial charge in [-0.3, -0.25) is 4.79 Å². The maximum Gasteiger partial charge on any atom is 0.338 e. The van der Waals surface area contributed by atoms with Gasteiger partial charge in [0.2, 0.25) is 0 Å². The van der Waals surface area contributed by atoms with Crippen LogP contribution in [0.2, 0.25) is 0 Å². The molecule has 1 saturated carbocycles. The van der Waals surface area contributed by atoms with E-state index in [1.54, 1.807) is 0 Å². The smallest absolute Gasteiger partial charge is 0.338 e. The molecule has 1 aliphatic rings. The molecule has 4 heteroatoms. The van der Waals surface area contributed by atoms with Crippen molar-refractivity contribution in [1.82, 2.24) is 0 Å². The molecule has 4 nitrogen and oxygen atoms in total. The molecule has 1 aromatic carbocycles. The lowest BCUT2D eigenvalue weighted by molar-refractivity contribution is -0.138. The average Bonchev–Trinajstić information content (AvgIpc) is 3.16. The summed E-state index contributed by atoms with van der Waals surface area (Å²) in [7, 11) is 1.34. The zero-order valence-corrected chi connectivity index (χ0v) is 12.3. The Labute approximate surface area is 118 Å². The molecule has 2 rings (SSSR count). The van der Waals surface area contributed by atoms with Crippen molar-refractivity contribution in [3.05, 3.63) is 34.9 Å². The Balaban J connectivity index is 2.42. The van der Waals surface area contributed by atoms with Gasteiger partial charge in [-0.15, -0.1) is 0 Å². The minimum Gasteiger partial charge on any atom is -0.481 e. The van der Waals surface area contributed by atoms with Crippen LogP contribution in [0.25, 0.3) is 0 Å². The third-order valence-electron chi connectivity index (χ3n) is 3.83. The molecule has 1 aromatic rings. The second kappa shape index (κ2) is 4.93. The molecule has 1 fully saturated rings. The number of hydrogen-bond donors (Lipinski definition) is 1. The van der Waals surface area contributed by atoms with Crippen LogP contribution in [0.3, 0.4) is 0 Å². The molecule has 0 radical (unpaired) electrons. The van der Waals surface area contributed by atoms with Gasteiger partial charge in [-0.05, 0) is 34.9 Å². The van der Waals surface area contributed by atoms with Gasteiger partial charge in [-0.2, -0.15) is 0 Å². The normalized spacial score (nSPS) is 21.4. The van der Waals surface area contributed by atoms with Crippen LogP contribution in [0.15, 0.2) is 18.2 Å². The third kappa shape index (κ3) is 2.69. The Morgan fingerprint density at radius 2 is 1.95 bits per heavy atom. The highest BCUT2D eigenvalue weighted by molar-refractivity contribution is 5.92. The summed E-state index contributed by atoms with van der Waals surface area (Å²) in [6.45, 7) is 6.21. The molecular weight excluding hydrogens is 256 g/mol. The topological polar surface area (TPSA) is 63.6 Å². The number of benzene rings is 1. The van der Waals surface area contributed by atoms with E-state index < -0.39 is 11.9 Å². The van der Waals surface area contributed by atoms with Crippen LogP contribution in [-0.2, 0) is 14.9 Å². The molecule has 0 spiro atoms. The zero-order valence-electron chi connectivity index (χ0n) is 12.3. The first-order valence-corrected chi connectivity index (χ1v) is 6.71. The molecule has 108 valence electrons. The maximum absolute atomic E-state index is 12.0. The van der Waals surface area contributed by atoms with Crippen LogP contribution < -0.4 is 0 Å². The van der Waals surface area contributed by atoms with Crippen molar-refractivity contribution in [1.29, 1.82) is 0 Å². The largest absolute Gasteiger partial charge is 0.481 e.